The minimum absolute atomic E-state index is 0.0640. The van der Waals surface area contributed by atoms with Crippen molar-refractivity contribution in [3.8, 4) is 0 Å². The molecule has 0 spiro atoms. The summed E-state index contributed by atoms with van der Waals surface area (Å²) in [5, 5.41) is 3.30. The minimum atomic E-state index is 0.0640. The predicted octanol–water partition coefficient (Wildman–Crippen LogP) is 3.50. The molecule has 24 heavy (non-hydrogen) atoms. The second-order valence-corrected chi connectivity index (χ2v) is 8.26. The first-order valence-electron chi connectivity index (χ1n) is 8.90. The highest BCUT2D eigenvalue weighted by Gasteiger charge is 2.61. The molecule has 4 rings (SSSR count). The summed E-state index contributed by atoms with van der Waals surface area (Å²) in [6, 6.07) is 8.04. The summed E-state index contributed by atoms with van der Waals surface area (Å²) in [7, 11) is 0. The van der Waals surface area contributed by atoms with Crippen LogP contribution in [0.3, 0.4) is 0 Å². The highest BCUT2D eigenvalue weighted by atomic mass is 16.1. The number of aromatic nitrogens is 2. The fraction of sp³-hybridized carbons (Fsp3) is 0.550. The van der Waals surface area contributed by atoms with Crippen molar-refractivity contribution in [2.75, 3.05) is 0 Å². The molecule has 2 aliphatic carbocycles. The second-order valence-electron chi connectivity index (χ2n) is 8.26. The average molecular weight is 323 g/mol. The molecule has 0 aliphatic heterocycles. The van der Waals surface area contributed by atoms with Gasteiger partial charge in [-0.3, -0.25) is 9.78 Å². The number of hydrogen-bond donors (Lipinski definition) is 1. The van der Waals surface area contributed by atoms with Gasteiger partial charge in [-0.1, -0.05) is 32.9 Å². The van der Waals surface area contributed by atoms with E-state index >= 15 is 0 Å². The van der Waals surface area contributed by atoms with Gasteiger partial charge in [0.15, 0.2) is 0 Å². The maximum absolute atomic E-state index is 12.6. The molecule has 1 heterocycles. The average Bonchev–Trinajstić information content (AvgIpc) is 2.88. The minimum Gasteiger partial charge on any atom is -0.352 e. The number of rotatable bonds is 3. The van der Waals surface area contributed by atoms with Crippen LogP contribution in [-0.2, 0) is 11.2 Å². The van der Waals surface area contributed by atoms with Crippen molar-refractivity contribution >= 4 is 16.9 Å². The molecular formula is C20H25N3O. The van der Waals surface area contributed by atoms with Crippen molar-refractivity contribution in [2.45, 2.75) is 52.5 Å². The van der Waals surface area contributed by atoms with Crippen molar-refractivity contribution in [3.05, 3.63) is 36.2 Å². The van der Waals surface area contributed by atoms with Gasteiger partial charge in [-0.15, -0.1) is 0 Å². The van der Waals surface area contributed by atoms with Gasteiger partial charge >= 0.3 is 0 Å². The van der Waals surface area contributed by atoms with Crippen LogP contribution in [0.1, 0.15) is 45.7 Å². The molecule has 1 aromatic carbocycles. The Morgan fingerprint density at radius 1 is 1.25 bits per heavy atom. The van der Waals surface area contributed by atoms with E-state index in [4.69, 9.17) is 0 Å². The number of carbonyl (C=O) groups excluding carboxylic acids is 1. The summed E-state index contributed by atoms with van der Waals surface area (Å²) in [5.41, 5.74) is 2.97. The Bertz CT molecular complexity index is 800. The van der Waals surface area contributed by atoms with Crippen LogP contribution in [-0.4, -0.2) is 21.9 Å². The molecule has 1 N–H and O–H groups in total. The summed E-state index contributed by atoms with van der Waals surface area (Å²) in [4.78, 5) is 21.5. The van der Waals surface area contributed by atoms with Gasteiger partial charge in [-0.2, -0.15) is 0 Å². The molecule has 2 saturated carbocycles. The smallest absolute Gasteiger partial charge is 0.226 e. The van der Waals surface area contributed by atoms with Gasteiger partial charge in [-0.25, -0.2) is 4.98 Å². The third-order valence-corrected chi connectivity index (χ3v) is 6.97. The van der Waals surface area contributed by atoms with Crippen LogP contribution in [0.25, 0.3) is 11.0 Å². The Morgan fingerprint density at radius 2 is 2.00 bits per heavy atom. The van der Waals surface area contributed by atoms with Crippen LogP contribution in [0.15, 0.2) is 30.5 Å². The number of nitrogens with one attached hydrogen (secondary N) is 1. The standard InChI is InChI=1S/C20H25N3O/c1-19(2)13-8-9-20(19,3)17(10-13)23-18(24)11-14-12-21-15-6-4-5-7-16(15)22-14/h4-7,12-13,17H,8-11H2,1-3H3,(H,23,24)/t13-,17-,20-/m0/s1. The van der Waals surface area contributed by atoms with E-state index in [0.29, 0.717) is 11.8 Å². The molecule has 0 unspecified atom stereocenters. The second kappa shape index (κ2) is 5.27. The number of para-hydroxylation sites is 2. The topological polar surface area (TPSA) is 54.9 Å². The third kappa shape index (κ3) is 2.23. The summed E-state index contributed by atoms with van der Waals surface area (Å²) >= 11 is 0. The molecule has 2 fully saturated rings. The fourth-order valence-electron chi connectivity index (χ4n) is 4.91. The number of fused-ring (bicyclic) bond motifs is 3. The van der Waals surface area contributed by atoms with E-state index < -0.39 is 0 Å². The number of benzene rings is 1. The van der Waals surface area contributed by atoms with Crippen LogP contribution in [0.5, 0.6) is 0 Å². The maximum Gasteiger partial charge on any atom is 0.226 e. The monoisotopic (exact) mass is 323 g/mol. The number of amides is 1. The Kier molecular flexibility index (Phi) is 3.41. The third-order valence-electron chi connectivity index (χ3n) is 6.97. The van der Waals surface area contributed by atoms with Crippen molar-refractivity contribution in [1.82, 2.24) is 15.3 Å². The van der Waals surface area contributed by atoms with Gasteiger partial charge in [0.05, 0.1) is 23.1 Å². The van der Waals surface area contributed by atoms with E-state index in [2.05, 4.69) is 36.1 Å². The van der Waals surface area contributed by atoms with Crippen LogP contribution >= 0.6 is 0 Å². The number of hydrogen-bond acceptors (Lipinski definition) is 3. The van der Waals surface area contributed by atoms with E-state index in [0.717, 1.165) is 29.1 Å². The van der Waals surface area contributed by atoms with Crippen molar-refractivity contribution in [3.63, 3.8) is 0 Å². The van der Waals surface area contributed by atoms with Gasteiger partial charge < -0.3 is 5.32 Å². The molecule has 2 aliphatic rings. The van der Waals surface area contributed by atoms with E-state index in [-0.39, 0.29) is 17.4 Å². The molecule has 0 saturated heterocycles. The Balaban J connectivity index is 1.47. The van der Waals surface area contributed by atoms with E-state index in [1.807, 2.05) is 24.3 Å². The normalized spacial score (nSPS) is 30.6. The molecule has 2 aromatic rings. The lowest BCUT2D eigenvalue weighted by molar-refractivity contribution is -0.122. The largest absolute Gasteiger partial charge is 0.352 e. The SMILES string of the molecule is CC1(C)[C@H]2CC[C@@]1(C)[C@@H](NC(=O)Cc1cnc3ccccc3n1)C2. The first kappa shape index (κ1) is 15.6. The van der Waals surface area contributed by atoms with Gasteiger partial charge in [0.1, 0.15) is 0 Å². The molecule has 1 aromatic heterocycles. The zero-order valence-electron chi connectivity index (χ0n) is 14.7. The van der Waals surface area contributed by atoms with Gasteiger partial charge in [0.25, 0.3) is 0 Å². The molecule has 1 amide bonds. The van der Waals surface area contributed by atoms with Crippen molar-refractivity contribution in [2.24, 2.45) is 16.7 Å². The van der Waals surface area contributed by atoms with Crippen LogP contribution in [0.2, 0.25) is 0 Å². The molecule has 3 atom stereocenters. The highest BCUT2D eigenvalue weighted by Crippen LogP contribution is 2.65. The summed E-state index contributed by atoms with van der Waals surface area (Å²) in [6.45, 7) is 7.08. The summed E-state index contributed by atoms with van der Waals surface area (Å²) < 4.78 is 0. The summed E-state index contributed by atoms with van der Waals surface area (Å²) in [6.07, 6.45) is 5.64. The Morgan fingerprint density at radius 3 is 2.67 bits per heavy atom. The van der Waals surface area contributed by atoms with Gasteiger partial charge in [0, 0.05) is 12.2 Å². The first-order valence-corrected chi connectivity index (χ1v) is 8.90. The fourth-order valence-corrected chi connectivity index (χ4v) is 4.91. The van der Waals surface area contributed by atoms with Crippen LogP contribution < -0.4 is 5.32 Å². The molecule has 126 valence electrons. The predicted molar refractivity (Wildman–Crippen MR) is 94.4 cm³/mol. The molecular weight excluding hydrogens is 298 g/mol. The quantitative estimate of drug-likeness (QED) is 0.940. The van der Waals surface area contributed by atoms with E-state index in [1.165, 1.54) is 12.8 Å². The van der Waals surface area contributed by atoms with Crippen molar-refractivity contribution < 1.29 is 4.79 Å². The number of nitrogens with zero attached hydrogens (tertiary/aromatic N) is 2. The highest BCUT2D eigenvalue weighted by molar-refractivity contribution is 5.80. The first-order chi connectivity index (χ1) is 11.4. The molecule has 2 bridgehead atoms. The van der Waals surface area contributed by atoms with E-state index in [1.54, 1.807) is 6.20 Å². The Labute approximate surface area is 143 Å². The molecule has 4 heteroatoms. The Hall–Kier alpha value is -1.97. The molecule has 4 nitrogen and oxygen atoms in total. The zero-order valence-corrected chi connectivity index (χ0v) is 14.7. The number of carbonyl (C=O) groups is 1. The van der Waals surface area contributed by atoms with E-state index in [9.17, 15) is 4.79 Å². The van der Waals surface area contributed by atoms with Crippen LogP contribution in [0, 0.1) is 16.7 Å². The lowest BCUT2D eigenvalue weighted by Gasteiger charge is -2.39. The molecule has 0 radical (unpaired) electrons. The van der Waals surface area contributed by atoms with Crippen molar-refractivity contribution in [1.29, 1.82) is 0 Å². The zero-order chi connectivity index (χ0) is 16.9. The van der Waals surface area contributed by atoms with Gasteiger partial charge in [0.2, 0.25) is 5.91 Å². The lowest BCUT2D eigenvalue weighted by Crippen LogP contribution is -2.47. The van der Waals surface area contributed by atoms with Crippen LogP contribution in [0.4, 0.5) is 0 Å². The maximum atomic E-state index is 12.6. The van der Waals surface area contributed by atoms with Gasteiger partial charge in [-0.05, 0) is 48.1 Å². The lowest BCUT2D eigenvalue weighted by atomic mass is 9.69. The summed E-state index contributed by atoms with van der Waals surface area (Å²) in [5.74, 6) is 0.794.